The molecule has 1 saturated heterocycles. The van der Waals surface area contributed by atoms with Crippen molar-refractivity contribution in [3.63, 3.8) is 0 Å². The van der Waals surface area contributed by atoms with E-state index in [-0.39, 0.29) is 17.8 Å². The molecule has 1 aliphatic heterocycles. The highest BCUT2D eigenvalue weighted by Gasteiger charge is 2.24. The van der Waals surface area contributed by atoms with Gasteiger partial charge in [-0.2, -0.15) is 5.10 Å². The molecule has 0 aliphatic carbocycles. The molecule has 5 N–H and O–H groups in total. The number of H-pyrrole nitrogens is 1. The molecule has 0 saturated carbocycles. The Hall–Kier alpha value is -4.44. The number of nitrogens with two attached hydrogens (primary N) is 1. The second-order valence-corrected chi connectivity index (χ2v) is 8.86. The van der Waals surface area contributed by atoms with E-state index in [2.05, 4.69) is 25.6 Å². The maximum atomic E-state index is 13.5. The summed E-state index contributed by atoms with van der Waals surface area (Å²) in [5.74, 6) is 1.17. The van der Waals surface area contributed by atoms with Crippen LogP contribution in [0, 0.1) is 0 Å². The van der Waals surface area contributed by atoms with Crippen LogP contribution < -0.4 is 21.1 Å². The van der Waals surface area contributed by atoms with Crippen LogP contribution in [0.4, 0.5) is 11.6 Å². The summed E-state index contributed by atoms with van der Waals surface area (Å²) in [5.41, 5.74) is 10.1. The number of ether oxygens (including phenoxy) is 1. The zero-order valence-corrected chi connectivity index (χ0v) is 19.8. The lowest BCUT2D eigenvalue weighted by Crippen LogP contribution is -2.30. The van der Waals surface area contributed by atoms with E-state index in [0.29, 0.717) is 22.4 Å². The maximum absolute atomic E-state index is 13.5. The van der Waals surface area contributed by atoms with Crippen LogP contribution >= 0.6 is 0 Å². The van der Waals surface area contributed by atoms with Crippen LogP contribution in [0.15, 0.2) is 54.9 Å². The van der Waals surface area contributed by atoms with Crippen LogP contribution in [-0.4, -0.2) is 50.8 Å². The summed E-state index contributed by atoms with van der Waals surface area (Å²) in [4.78, 5) is 25.5. The number of carbonyl (C=O) groups excluding carboxylic acids is 1. The number of fused-ring (bicyclic) bond motifs is 2. The lowest BCUT2D eigenvalue weighted by molar-refractivity contribution is 0.102. The van der Waals surface area contributed by atoms with Crippen molar-refractivity contribution in [2.24, 2.45) is 0 Å². The number of hydrogen-bond acceptors (Lipinski definition) is 7. The van der Waals surface area contributed by atoms with Crippen molar-refractivity contribution in [1.82, 2.24) is 30.0 Å². The van der Waals surface area contributed by atoms with Crippen molar-refractivity contribution in [3.8, 4) is 17.0 Å². The van der Waals surface area contributed by atoms with Gasteiger partial charge in [-0.15, -0.1) is 0 Å². The molecule has 3 aromatic heterocycles. The van der Waals surface area contributed by atoms with Crippen LogP contribution in [0.2, 0.25) is 0 Å². The summed E-state index contributed by atoms with van der Waals surface area (Å²) in [5, 5.41) is 12.5. The third-order valence-electron chi connectivity index (χ3n) is 6.71. The Kier molecular flexibility index (Phi) is 5.49. The van der Waals surface area contributed by atoms with Crippen molar-refractivity contribution < 1.29 is 9.53 Å². The monoisotopic (exact) mass is 482 g/mol. The minimum absolute atomic E-state index is 0.175. The van der Waals surface area contributed by atoms with Crippen LogP contribution in [0.25, 0.3) is 33.2 Å². The standard InChI is InChI=1S/C26H26N8O2/c1-36-17-7-5-15(6-8-17)21-13-19-18(3-2-4-20(19)31-21)26(35)32-24-22-23(27)29-14-30-25(22)34(33-24)16-9-11-28-12-10-16/h2-8,13-14,16,28,31H,9-12H2,1H3,(H2,27,29,30)(H,32,33,35). The van der Waals surface area contributed by atoms with Gasteiger partial charge in [0.25, 0.3) is 5.91 Å². The average molecular weight is 483 g/mol. The topological polar surface area (TPSA) is 136 Å². The third kappa shape index (κ3) is 3.81. The quantitative estimate of drug-likeness (QED) is 0.300. The first-order valence-corrected chi connectivity index (χ1v) is 11.9. The molecule has 10 heteroatoms. The summed E-state index contributed by atoms with van der Waals surface area (Å²) < 4.78 is 7.14. The summed E-state index contributed by atoms with van der Waals surface area (Å²) >= 11 is 0. The molecule has 0 radical (unpaired) electrons. The number of rotatable bonds is 5. The molecule has 10 nitrogen and oxygen atoms in total. The van der Waals surface area contributed by atoms with Crippen LogP contribution in [0.5, 0.6) is 5.75 Å². The van der Waals surface area contributed by atoms with Crippen LogP contribution in [-0.2, 0) is 0 Å². The zero-order valence-electron chi connectivity index (χ0n) is 19.8. The number of benzene rings is 2. The fraction of sp³-hybridized carbons (Fsp3) is 0.231. The van der Waals surface area contributed by atoms with Crippen molar-refractivity contribution >= 4 is 39.5 Å². The molecule has 0 bridgehead atoms. The highest BCUT2D eigenvalue weighted by molar-refractivity contribution is 6.15. The first-order chi connectivity index (χ1) is 17.6. The van der Waals surface area contributed by atoms with Gasteiger partial charge < -0.3 is 26.1 Å². The van der Waals surface area contributed by atoms with E-state index in [1.165, 1.54) is 6.33 Å². The van der Waals surface area contributed by atoms with Gasteiger partial charge in [-0.05, 0) is 74.0 Å². The maximum Gasteiger partial charge on any atom is 0.257 e. The molecule has 6 rings (SSSR count). The highest BCUT2D eigenvalue weighted by atomic mass is 16.5. The van der Waals surface area contributed by atoms with E-state index < -0.39 is 0 Å². The Balaban J connectivity index is 1.36. The number of anilines is 2. The fourth-order valence-electron chi connectivity index (χ4n) is 4.84. The van der Waals surface area contributed by atoms with E-state index in [4.69, 9.17) is 15.6 Å². The van der Waals surface area contributed by atoms with Gasteiger partial charge in [-0.3, -0.25) is 4.79 Å². The van der Waals surface area contributed by atoms with Gasteiger partial charge in [0, 0.05) is 22.2 Å². The Morgan fingerprint density at radius 1 is 1.14 bits per heavy atom. The molecule has 1 amide bonds. The second-order valence-electron chi connectivity index (χ2n) is 8.86. The third-order valence-corrected chi connectivity index (χ3v) is 6.71. The SMILES string of the molecule is COc1ccc(-c2cc3c(C(=O)Nc4nn(C5CCNCC5)c5ncnc(N)c45)cccc3[nH]2)cc1. The fourth-order valence-corrected chi connectivity index (χ4v) is 4.84. The number of methoxy groups -OCH3 is 1. The van der Waals surface area contributed by atoms with E-state index in [1.807, 2.05) is 47.1 Å². The molecule has 0 atom stereocenters. The average Bonchev–Trinajstić information content (AvgIpc) is 3.52. The van der Waals surface area contributed by atoms with Crippen molar-refractivity contribution in [2.75, 3.05) is 31.2 Å². The number of aromatic nitrogens is 5. The summed E-state index contributed by atoms with van der Waals surface area (Å²) in [6.45, 7) is 1.81. The Labute approximate surface area is 206 Å². The number of nitrogens with one attached hydrogen (secondary N) is 3. The number of piperidine rings is 1. The Morgan fingerprint density at radius 2 is 1.94 bits per heavy atom. The first-order valence-electron chi connectivity index (χ1n) is 11.9. The molecule has 1 fully saturated rings. The number of carbonyl (C=O) groups is 1. The minimum atomic E-state index is -0.277. The van der Waals surface area contributed by atoms with Gasteiger partial charge >= 0.3 is 0 Å². The van der Waals surface area contributed by atoms with Gasteiger partial charge in [0.1, 0.15) is 23.3 Å². The number of amides is 1. The lowest BCUT2D eigenvalue weighted by Gasteiger charge is -2.23. The summed E-state index contributed by atoms with van der Waals surface area (Å²) in [7, 11) is 1.64. The van der Waals surface area contributed by atoms with Gasteiger partial charge in [0.2, 0.25) is 0 Å². The van der Waals surface area contributed by atoms with E-state index in [9.17, 15) is 4.79 Å². The predicted octanol–water partition coefficient (Wildman–Crippen LogP) is 3.74. The predicted molar refractivity (Wildman–Crippen MR) is 139 cm³/mol. The molecule has 0 spiro atoms. The largest absolute Gasteiger partial charge is 0.497 e. The first kappa shape index (κ1) is 22.1. The van der Waals surface area contributed by atoms with E-state index in [1.54, 1.807) is 13.2 Å². The Morgan fingerprint density at radius 3 is 2.72 bits per heavy atom. The van der Waals surface area contributed by atoms with Crippen molar-refractivity contribution in [2.45, 2.75) is 18.9 Å². The number of aromatic amines is 1. The molecular formula is C26H26N8O2. The van der Waals surface area contributed by atoms with Gasteiger partial charge in [0.15, 0.2) is 11.5 Å². The summed E-state index contributed by atoms with van der Waals surface area (Å²) in [6, 6.07) is 15.5. The molecule has 1 aliphatic rings. The smallest absolute Gasteiger partial charge is 0.257 e. The highest BCUT2D eigenvalue weighted by Crippen LogP contribution is 2.32. The molecule has 36 heavy (non-hydrogen) atoms. The van der Waals surface area contributed by atoms with Crippen molar-refractivity contribution in [1.29, 1.82) is 0 Å². The molecule has 2 aromatic carbocycles. The van der Waals surface area contributed by atoms with Gasteiger partial charge in [0.05, 0.1) is 13.2 Å². The van der Waals surface area contributed by atoms with E-state index >= 15 is 0 Å². The number of nitrogens with zero attached hydrogens (tertiary/aromatic N) is 4. The molecule has 4 heterocycles. The van der Waals surface area contributed by atoms with Crippen LogP contribution in [0.3, 0.4) is 0 Å². The number of nitrogen functional groups attached to an aromatic ring is 1. The van der Waals surface area contributed by atoms with Crippen LogP contribution in [0.1, 0.15) is 29.2 Å². The number of hydrogen-bond donors (Lipinski definition) is 4. The van der Waals surface area contributed by atoms with Gasteiger partial charge in [-0.1, -0.05) is 6.07 Å². The minimum Gasteiger partial charge on any atom is -0.497 e. The van der Waals surface area contributed by atoms with Crippen molar-refractivity contribution in [3.05, 3.63) is 60.4 Å². The van der Waals surface area contributed by atoms with E-state index in [0.717, 1.165) is 53.8 Å². The second kappa shape index (κ2) is 8.97. The van der Waals surface area contributed by atoms with Gasteiger partial charge in [-0.25, -0.2) is 14.6 Å². The molecule has 182 valence electrons. The normalized spacial score (nSPS) is 14.4. The Bertz CT molecular complexity index is 1560. The molecule has 5 aromatic rings. The summed E-state index contributed by atoms with van der Waals surface area (Å²) in [6.07, 6.45) is 3.28. The molecular weight excluding hydrogens is 456 g/mol. The lowest BCUT2D eigenvalue weighted by atomic mass is 10.1. The molecule has 0 unspecified atom stereocenters. The zero-order chi connectivity index (χ0) is 24.6.